The van der Waals surface area contributed by atoms with Gasteiger partial charge in [0.15, 0.2) is 0 Å². The Bertz CT molecular complexity index is 1020. The fourth-order valence-corrected chi connectivity index (χ4v) is 4.95. The standard InChI is InChI=1S/C30H57N7O9S/c1-7-17(4)23(36-25(40)19(32)14-16(2)3)28(43)37-24(18(5)39)29(44)35-22(15-38)27(42)33-20(10-8-9-12-31)26(41)34-21(30(45)46)11-13-47-6/h16-24,38-39H,7-15,31-32H2,1-6H3,(H,33,42)(H,34,41)(H,35,44)(H,36,40)(H,37,43)(H,45,46)/t17-,18+,19-,20-,21-,22-,23-,24-/m0/s1. The molecule has 17 heteroatoms. The minimum atomic E-state index is -1.60. The quantitative estimate of drug-likeness (QED) is 0.0501. The molecular weight excluding hydrogens is 634 g/mol. The van der Waals surface area contributed by atoms with E-state index in [0.29, 0.717) is 38.0 Å². The molecule has 0 spiro atoms. The highest BCUT2D eigenvalue weighted by atomic mass is 32.2. The van der Waals surface area contributed by atoms with Crippen LogP contribution in [0.15, 0.2) is 0 Å². The van der Waals surface area contributed by atoms with Gasteiger partial charge in [0, 0.05) is 0 Å². The minimum Gasteiger partial charge on any atom is -0.480 e. The third-order valence-electron chi connectivity index (χ3n) is 7.54. The summed E-state index contributed by atoms with van der Waals surface area (Å²) >= 11 is 1.41. The maximum atomic E-state index is 13.3. The van der Waals surface area contributed by atoms with E-state index < -0.39 is 84.5 Å². The van der Waals surface area contributed by atoms with Crippen LogP contribution in [0.1, 0.15) is 73.1 Å². The van der Waals surface area contributed by atoms with E-state index in [4.69, 9.17) is 11.5 Å². The van der Waals surface area contributed by atoms with E-state index in [2.05, 4.69) is 26.6 Å². The Kier molecular flexibility index (Phi) is 21.9. The van der Waals surface area contributed by atoms with Gasteiger partial charge in [-0.3, -0.25) is 24.0 Å². The van der Waals surface area contributed by atoms with E-state index in [1.54, 1.807) is 13.2 Å². The molecule has 0 aliphatic carbocycles. The number of hydrogen-bond donors (Lipinski definition) is 10. The molecular formula is C30H57N7O9S. The Morgan fingerprint density at radius 2 is 1.28 bits per heavy atom. The van der Waals surface area contributed by atoms with E-state index in [1.165, 1.54) is 18.7 Å². The van der Waals surface area contributed by atoms with Gasteiger partial charge in [-0.15, -0.1) is 0 Å². The second kappa shape index (κ2) is 23.4. The Hall–Kier alpha value is -2.99. The number of aliphatic hydroxyl groups excluding tert-OH is 2. The van der Waals surface area contributed by atoms with Gasteiger partial charge in [0.2, 0.25) is 29.5 Å². The first-order valence-corrected chi connectivity index (χ1v) is 17.4. The molecule has 12 N–H and O–H groups in total. The zero-order chi connectivity index (χ0) is 36.3. The summed E-state index contributed by atoms with van der Waals surface area (Å²) < 4.78 is 0. The Balaban J connectivity index is 5.82. The summed E-state index contributed by atoms with van der Waals surface area (Å²) in [7, 11) is 0. The average molecular weight is 692 g/mol. The number of aliphatic hydroxyl groups is 2. The average Bonchev–Trinajstić information content (AvgIpc) is 3.00. The lowest BCUT2D eigenvalue weighted by atomic mass is 9.96. The SMILES string of the molecule is CC[C@H](C)[C@H](NC(=O)[C@@H](N)CC(C)C)C(=O)N[C@H](C(=O)N[C@@H](CO)C(=O)N[C@@H](CCCCN)C(=O)N[C@@H](CCSC)C(=O)O)[C@@H](C)O. The molecule has 0 aliphatic rings. The molecule has 0 unspecified atom stereocenters. The van der Waals surface area contributed by atoms with Crippen molar-refractivity contribution < 1.29 is 44.1 Å². The van der Waals surface area contributed by atoms with Crippen molar-refractivity contribution in [1.29, 1.82) is 0 Å². The van der Waals surface area contributed by atoms with Crippen LogP contribution in [0.3, 0.4) is 0 Å². The van der Waals surface area contributed by atoms with Crippen LogP contribution in [-0.4, -0.2) is 118 Å². The fourth-order valence-electron chi connectivity index (χ4n) is 4.48. The van der Waals surface area contributed by atoms with Gasteiger partial charge in [-0.25, -0.2) is 4.79 Å². The van der Waals surface area contributed by atoms with Crippen LogP contribution in [0, 0.1) is 11.8 Å². The van der Waals surface area contributed by atoms with Gasteiger partial charge in [-0.1, -0.05) is 34.1 Å². The molecule has 0 aromatic rings. The minimum absolute atomic E-state index is 0.103. The number of carboxylic acids is 1. The number of nitrogens with one attached hydrogen (secondary N) is 5. The molecule has 0 aromatic heterocycles. The monoisotopic (exact) mass is 691 g/mol. The third kappa shape index (κ3) is 16.6. The van der Waals surface area contributed by atoms with Gasteiger partial charge in [-0.05, 0) is 69.4 Å². The van der Waals surface area contributed by atoms with Gasteiger partial charge in [0.05, 0.1) is 18.8 Å². The number of rotatable bonds is 24. The molecule has 0 heterocycles. The first kappa shape index (κ1) is 44.0. The van der Waals surface area contributed by atoms with Gasteiger partial charge >= 0.3 is 5.97 Å². The summed E-state index contributed by atoms with van der Waals surface area (Å²) in [6.07, 6.45) is 2.40. The molecule has 0 radical (unpaired) electrons. The molecule has 0 fully saturated rings. The Labute approximate surface area is 281 Å². The first-order valence-electron chi connectivity index (χ1n) is 16.0. The normalized spacial score (nSPS) is 16.4. The van der Waals surface area contributed by atoms with E-state index in [0.717, 1.165) is 0 Å². The zero-order valence-electron chi connectivity index (χ0n) is 28.4. The van der Waals surface area contributed by atoms with E-state index >= 15 is 0 Å². The number of unbranched alkanes of at least 4 members (excludes halogenated alkanes) is 1. The van der Waals surface area contributed by atoms with Crippen LogP contribution in [0.5, 0.6) is 0 Å². The fraction of sp³-hybridized carbons (Fsp3) is 0.800. The molecule has 0 saturated heterocycles. The number of hydrogen-bond acceptors (Lipinski definition) is 11. The van der Waals surface area contributed by atoms with Crippen molar-refractivity contribution in [2.24, 2.45) is 23.3 Å². The summed E-state index contributed by atoms with van der Waals surface area (Å²) in [5.41, 5.74) is 11.5. The summed E-state index contributed by atoms with van der Waals surface area (Å²) in [4.78, 5) is 77.0. The lowest BCUT2D eigenvalue weighted by Gasteiger charge is -2.29. The zero-order valence-corrected chi connectivity index (χ0v) is 29.2. The van der Waals surface area contributed by atoms with Crippen molar-refractivity contribution in [2.45, 2.75) is 115 Å². The van der Waals surface area contributed by atoms with Crippen LogP contribution < -0.4 is 38.1 Å². The molecule has 8 atom stereocenters. The van der Waals surface area contributed by atoms with Gasteiger partial charge in [0.25, 0.3) is 0 Å². The van der Waals surface area contributed by atoms with Crippen molar-refractivity contribution in [3.63, 3.8) is 0 Å². The number of carbonyl (C=O) groups is 6. The van der Waals surface area contributed by atoms with Crippen molar-refractivity contribution in [3.05, 3.63) is 0 Å². The predicted octanol–water partition coefficient (Wildman–Crippen LogP) is -1.83. The highest BCUT2D eigenvalue weighted by Crippen LogP contribution is 2.11. The number of carbonyl (C=O) groups excluding carboxylic acids is 5. The Morgan fingerprint density at radius 1 is 0.745 bits per heavy atom. The number of carboxylic acid groups (broad SMARTS) is 1. The van der Waals surface area contributed by atoms with Crippen LogP contribution in [0.25, 0.3) is 0 Å². The van der Waals surface area contributed by atoms with Gasteiger partial charge < -0.3 is 53.4 Å². The molecule has 47 heavy (non-hydrogen) atoms. The number of aliphatic carboxylic acids is 1. The number of nitrogens with two attached hydrogens (primary N) is 2. The van der Waals surface area contributed by atoms with E-state index in [1.807, 2.05) is 20.8 Å². The smallest absolute Gasteiger partial charge is 0.326 e. The molecule has 0 saturated carbocycles. The van der Waals surface area contributed by atoms with Crippen LogP contribution in [0.4, 0.5) is 0 Å². The molecule has 0 aliphatic heterocycles. The van der Waals surface area contributed by atoms with Crippen molar-refractivity contribution in [3.8, 4) is 0 Å². The van der Waals surface area contributed by atoms with Gasteiger partial charge in [-0.2, -0.15) is 11.8 Å². The largest absolute Gasteiger partial charge is 0.480 e. The highest BCUT2D eigenvalue weighted by molar-refractivity contribution is 7.98. The summed E-state index contributed by atoms with van der Waals surface area (Å²) in [5.74, 6) is -5.04. The second-order valence-electron chi connectivity index (χ2n) is 12.1. The van der Waals surface area contributed by atoms with Crippen molar-refractivity contribution in [2.75, 3.05) is 25.2 Å². The summed E-state index contributed by atoms with van der Waals surface area (Å²) in [6.45, 7) is 7.99. The van der Waals surface area contributed by atoms with E-state index in [9.17, 15) is 44.1 Å². The second-order valence-corrected chi connectivity index (χ2v) is 13.1. The first-order chi connectivity index (χ1) is 22.0. The maximum absolute atomic E-state index is 13.3. The van der Waals surface area contributed by atoms with Crippen LogP contribution >= 0.6 is 11.8 Å². The molecule has 0 aromatic carbocycles. The molecule has 272 valence electrons. The lowest BCUT2D eigenvalue weighted by Crippen LogP contribution is -2.62. The summed E-state index contributed by atoms with van der Waals surface area (Å²) in [6, 6.07) is -7.53. The van der Waals surface area contributed by atoms with Crippen LogP contribution in [0.2, 0.25) is 0 Å². The maximum Gasteiger partial charge on any atom is 0.326 e. The molecule has 5 amide bonds. The van der Waals surface area contributed by atoms with Crippen molar-refractivity contribution >= 4 is 47.3 Å². The number of thioether (sulfide) groups is 1. The Morgan fingerprint density at radius 3 is 1.77 bits per heavy atom. The van der Waals surface area contributed by atoms with E-state index in [-0.39, 0.29) is 24.7 Å². The number of amides is 5. The topological polar surface area (TPSA) is 275 Å². The molecule has 0 bridgehead atoms. The predicted molar refractivity (Wildman–Crippen MR) is 179 cm³/mol. The summed E-state index contributed by atoms with van der Waals surface area (Å²) in [5, 5.41) is 42.0. The molecule has 0 rings (SSSR count). The van der Waals surface area contributed by atoms with Gasteiger partial charge in [0.1, 0.15) is 30.2 Å². The lowest BCUT2D eigenvalue weighted by molar-refractivity contribution is -0.142. The third-order valence-corrected chi connectivity index (χ3v) is 8.18. The van der Waals surface area contributed by atoms with Crippen LogP contribution in [-0.2, 0) is 28.8 Å². The highest BCUT2D eigenvalue weighted by Gasteiger charge is 2.35. The molecule has 16 nitrogen and oxygen atoms in total. The van der Waals surface area contributed by atoms with Crippen molar-refractivity contribution in [1.82, 2.24) is 26.6 Å².